The Morgan fingerprint density at radius 2 is 1.89 bits per heavy atom. The number of carbonyl (C=O) groups excluding carboxylic acids is 1. The molecule has 144 valence electrons. The molecule has 0 saturated heterocycles. The zero-order valence-electron chi connectivity index (χ0n) is 14.6. The van der Waals surface area contributed by atoms with E-state index < -0.39 is 11.6 Å². The Hall–Kier alpha value is -3.10. The lowest BCUT2D eigenvalue weighted by Crippen LogP contribution is -2.29. The standard InChI is InChI=1S/C18H15Cl2N5O3/c1-2-25-17(27)15(7-14(24-25)10-4-3-5-11(26)6-10)22-18(28)23-16-12(19)8-21-9-13(16)20/h3-9,26H,2H2,1H3,(H2,21,22,23,28). The third-order valence-electron chi connectivity index (χ3n) is 3.76. The molecule has 0 spiro atoms. The summed E-state index contributed by atoms with van der Waals surface area (Å²) < 4.78 is 1.21. The number of phenolic OH excluding ortho intramolecular Hbond substituents is 1. The summed E-state index contributed by atoms with van der Waals surface area (Å²) in [7, 11) is 0. The third-order valence-corrected chi connectivity index (χ3v) is 4.33. The molecule has 3 rings (SSSR count). The topological polar surface area (TPSA) is 109 Å². The van der Waals surface area contributed by atoms with Crippen molar-refractivity contribution < 1.29 is 9.90 Å². The van der Waals surface area contributed by atoms with E-state index in [1.54, 1.807) is 19.1 Å². The lowest BCUT2D eigenvalue weighted by Gasteiger charge is -2.12. The predicted octanol–water partition coefficient (Wildman–Crippen LogP) is 3.98. The molecule has 0 unspecified atom stereocenters. The molecular formula is C18H15Cl2N5O3. The fourth-order valence-corrected chi connectivity index (χ4v) is 2.91. The van der Waals surface area contributed by atoms with Crippen LogP contribution in [0.2, 0.25) is 10.0 Å². The van der Waals surface area contributed by atoms with Crippen molar-refractivity contribution in [2.75, 3.05) is 10.6 Å². The Bertz CT molecular complexity index is 1080. The molecule has 2 aromatic heterocycles. The average molecular weight is 420 g/mol. The van der Waals surface area contributed by atoms with Crippen molar-refractivity contribution in [3.63, 3.8) is 0 Å². The maximum absolute atomic E-state index is 12.5. The average Bonchev–Trinajstić information content (AvgIpc) is 2.66. The maximum atomic E-state index is 12.5. The van der Waals surface area contributed by atoms with Gasteiger partial charge in [0, 0.05) is 24.5 Å². The van der Waals surface area contributed by atoms with Crippen molar-refractivity contribution in [2.45, 2.75) is 13.5 Å². The highest BCUT2D eigenvalue weighted by Crippen LogP contribution is 2.28. The van der Waals surface area contributed by atoms with E-state index in [2.05, 4.69) is 20.7 Å². The smallest absolute Gasteiger partial charge is 0.323 e. The minimum Gasteiger partial charge on any atom is -0.508 e. The summed E-state index contributed by atoms with van der Waals surface area (Å²) in [5, 5.41) is 19.2. The Kier molecular flexibility index (Phi) is 5.81. The van der Waals surface area contributed by atoms with E-state index in [9.17, 15) is 14.7 Å². The van der Waals surface area contributed by atoms with Gasteiger partial charge in [-0.3, -0.25) is 9.78 Å². The van der Waals surface area contributed by atoms with E-state index in [0.717, 1.165) is 0 Å². The van der Waals surface area contributed by atoms with Gasteiger partial charge in [0.1, 0.15) is 11.4 Å². The van der Waals surface area contributed by atoms with Gasteiger partial charge in [-0.2, -0.15) is 5.10 Å². The number of hydrogen-bond acceptors (Lipinski definition) is 5. The molecule has 3 N–H and O–H groups in total. The van der Waals surface area contributed by atoms with Crippen LogP contribution in [0.3, 0.4) is 0 Å². The van der Waals surface area contributed by atoms with Crippen LogP contribution in [0.15, 0.2) is 47.5 Å². The van der Waals surface area contributed by atoms with Gasteiger partial charge in [-0.05, 0) is 25.1 Å². The van der Waals surface area contributed by atoms with Crippen molar-refractivity contribution >= 4 is 40.6 Å². The van der Waals surface area contributed by atoms with E-state index in [4.69, 9.17) is 23.2 Å². The highest BCUT2D eigenvalue weighted by Gasteiger charge is 2.15. The van der Waals surface area contributed by atoms with Gasteiger partial charge in [-0.25, -0.2) is 9.48 Å². The molecule has 0 atom stereocenters. The van der Waals surface area contributed by atoms with E-state index in [-0.39, 0.29) is 27.2 Å². The second-order valence-corrected chi connectivity index (χ2v) is 6.49. The Balaban J connectivity index is 1.94. The zero-order chi connectivity index (χ0) is 20.3. The first-order valence-corrected chi connectivity index (χ1v) is 8.93. The first-order chi connectivity index (χ1) is 13.4. The number of anilines is 2. The van der Waals surface area contributed by atoms with Crippen LogP contribution in [-0.2, 0) is 6.54 Å². The molecule has 0 radical (unpaired) electrons. The summed E-state index contributed by atoms with van der Waals surface area (Å²) in [6.45, 7) is 2.05. The van der Waals surface area contributed by atoms with Gasteiger partial charge >= 0.3 is 6.03 Å². The second kappa shape index (κ2) is 8.28. The van der Waals surface area contributed by atoms with E-state index in [1.165, 1.54) is 35.3 Å². The number of rotatable bonds is 4. The molecule has 2 amide bonds. The molecule has 0 fully saturated rings. The van der Waals surface area contributed by atoms with Crippen molar-refractivity contribution in [2.24, 2.45) is 0 Å². The SMILES string of the molecule is CCn1nc(-c2cccc(O)c2)cc(NC(=O)Nc2c(Cl)cncc2Cl)c1=O. The first-order valence-electron chi connectivity index (χ1n) is 8.17. The number of hydrogen-bond donors (Lipinski definition) is 3. The van der Waals surface area contributed by atoms with Gasteiger partial charge in [0.05, 0.1) is 21.4 Å². The highest BCUT2D eigenvalue weighted by molar-refractivity contribution is 6.39. The number of carbonyl (C=O) groups is 1. The number of benzene rings is 1. The van der Waals surface area contributed by atoms with Crippen LogP contribution in [0, 0.1) is 0 Å². The summed E-state index contributed by atoms with van der Waals surface area (Å²) in [6, 6.07) is 7.14. The van der Waals surface area contributed by atoms with Crippen LogP contribution in [0.4, 0.5) is 16.2 Å². The number of aromatic hydroxyl groups is 1. The summed E-state index contributed by atoms with van der Waals surface area (Å²) >= 11 is 12.0. The van der Waals surface area contributed by atoms with Crippen molar-refractivity contribution in [3.05, 3.63) is 63.1 Å². The molecule has 10 heteroatoms. The fourth-order valence-electron chi connectivity index (χ4n) is 2.45. The molecule has 28 heavy (non-hydrogen) atoms. The number of halogens is 2. The lowest BCUT2D eigenvalue weighted by molar-refractivity contribution is 0.262. The first kappa shape index (κ1) is 19.7. The molecule has 0 bridgehead atoms. The molecule has 0 aliphatic carbocycles. The number of urea groups is 1. The van der Waals surface area contributed by atoms with Gasteiger partial charge in [0.15, 0.2) is 0 Å². The van der Waals surface area contributed by atoms with Crippen molar-refractivity contribution in [1.29, 1.82) is 0 Å². The quantitative estimate of drug-likeness (QED) is 0.592. The predicted molar refractivity (Wildman–Crippen MR) is 108 cm³/mol. The molecule has 3 aromatic rings. The monoisotopic (exact) mass is 419 g/mol. The summed E-state index contributed by atoms with van der Waals surface area (Å²) in [5.74, 6) is 0.0581. The summed E-state index contributed by atoms with van der Waals surface area (Å²) in [4.78, 5) is 28.7. The Labute approximate surface area is 169 Å². The highest BCUT2D eigenvalue weighted by atomic mass is 35.5. The summed E-state index contributed by atoms with van der Waals surface area (Å²) in [6.07, 6.45) is 2.67. The number of aromatic nitrogens is 3. The minimum atomic E-state index is -0.706. The lowest BCUT2D eigenvalue weighted by atomic mass is 10.1. The molecule has 0 saturated carbocycles. The molecule has 2 heterocycles. The van der Waals surface area contributed by atoms with E-state index >= 15 is 0 Å². The molecule has 0 aliphatic heterocycles. The number of nitrogens with one attached hydrogen (secondary N) is 2. The normalized spacial score (nSPS) is 10.5. The van der Waals surface area contributed by atoms with Crippen molar-refractivity contribution in [1.82, 2.24) is 14.8 Å². The van der Waals surface area contributed by atoms with Crippen LogP contribution in [0.5, 0.6) is 5.75 Å². The third kappa shape index (κ3) is 4.24. The molecular weight excluding hydrogens is 405 g/mol. The second-order valence-electron chi connectivity index (χ2n) is 5.67. The molecule has 8 nitrogen and oxygen atoms in total. The number of aryl methyl sites for hydroxylation is 1. The van der Waals surface area contributed by atoms with Gasteiger partial charge in [0.2, 0.25) is 0 Å². The van der Waals surface area contributed by atoms with E-state index in [1.807, 2.05) is 0 Å². The zero-order valence-corrected chi connectivity index (χ0v) is 16.1. The van der Waals surface area contributed by atoms with Crippen LogP contribution < -0.4 is 16.2 Å². The van der Waals surface area contributed by atoms with Gasteiger partial charge < -0.3 is 15.7 Å². The Morgan fingerprint density at radius 3 is 2.54 bits per heavy atom. The maximum Gasteiger partial charge on any atom is 0.323 e. The Morgan fingerprint density at radius 1 is 1.18 bits per heavy atom. The minimum absolute atomic E-state index is 0.00833. The number of phenols is 1. The van der Waals surface area contributed by atoms with Crippen LogP contribution in [0.25, 0.3) is 11.3 Å². The van der Waals surface area contributed by atoms with Crippen LogP contribution in [-0.4, -0.2) is 25.9 Å². The van der Waals surface area contributed by atoms with Gasteiger partial charge in [0.25, 0.3) is 5.56 Å². The fraction of sp³-hybridized carbons (Fsp3) is 0.111. The van der Waals surface area contributed by atoms with Crippen LogP contribution in [0.1, 0.15) is 6.92 Å². The molecule has 1 aromatic carbocycles. The number of amides is 2. The number of nitrogens with zero attached hydrogens (tertiary/aromatic N) is 3. The van der Waals surface area contributed by atoms with Crippen molar-refractivity contribution in [3.8, 4) is 17.0 Å². The van der Waals surface area contributed by atoms with Gasteiger partial charge in [-0.15, -0.1) is 0 Å². The van der Waals surface area contributed by atoms with Crippen LogP contribution >= 0.6 is 23.2 Å². The molecule has 0 aliphatic rings. The summed E-state index contributed by atoms with van der Waals surface area (Å²) in [5.41, 5.74) is 0.704. The number of pyridine rings is 1. The van der Waals surface area contributed by atoms with E-state index in [0.29, 0.717) is 17.8 Å². The largest absolute Gasteiger partial charge is 0.508 e. The van der Waals surface area contributed by atoms with Gasteiger partial charge in [-0.1, -0.05) is 35.3 Å².